The van der Waals surface area contributed by atoms with Gasteiger partial charge in [0.05, 0.1) is 11.4 Å². The Morgan fingerprint density at radius 2 is 1.94 bits per heavy atom. The van der Waals surface area contributed by atoms with Gasteiger partial charge in [-0.2, -0.15) is 5.10 Å². The van der Waals surface area contributed by atoms with Crippen molar-refractivity contribution in [3.63, 3.8) is 0 Å². The molecule has 0 spiro atoms. The van der Waals surface area contributed by atoms with Crippen molar-refractivity contribution in [2.24, 2.45) is 7.05 Å². The van der Waals surface area contributed by atoms with E-state index in [9.17, 15) is 0 Å². The van der Waals surface area contributed by atoms with E-state index in [1.165, 1.54) is 25.2 Å². The van der Waals surface area contributed by atoms with E-state index in [1.807, 2.05) is 18.7 Å². The SMILES string of the molecule is Cc1cc(CN2CCCN(CCCl)CC2)n(C)n1. The number of halogens is 1. The average Bonchev–Trinajstić information content (AvgIpc) is 2.52. The summed E-state index contributed by atoms with van der Waals surface area (Å²) in [5.74, 6) is 0.737. The van der Waals surface area contributed by atoms with Crippen molar-refractivity contribution in [1.29, 1.82) is 0 Å². The topological polar surface area (TPSA) is 24.3 Å². The minimum Gasteiger partial charge on any atom is -0.301 e. The summed E-state index contributed by atoms with van der Waals surface area (Å²) in [6.45, 7) is 8.67. The van der Waals surface area contributed by atoms with Crippen LogP contribution in [-0.2, 0) is 13.6 Å². The third-order valence-corrected chi connectivity index (χ3v) is 3.74. The highest BCUT2D eigenvalue weighted by Crippen LogP contribution is 2.09. The molecule has 1 aliphatic rings. The van der Waals surface area contributed by atoms with Crippen molar-refractivity contribution in [1.82, 2.24) is 19.6 Å². The molecule has 1 saturated heterocycles. The van der Waals surface area contributed by atoms with Gasteiger partial charge < -0.3 is 4.90 Å². The van der Waals surface area contributed by atoms with Crippen molar-refractivity contribution in [3.8, 4) is 0 Å². The lowest BCUT2D eigenvalue weighted by Gasteiger charge is -2.21. The summed E-state index contributed by atoms with van der Waals surface area (Å²) in [7, 11) is 2.03. The number of hydrogen-bond acceptors (Lipinski definition) is 3. The fourth-order valence-electron chi connectivity index (χ4n) is 2.57. The highest BCUT2D eigenvalue weighted by molar-refractivity contribution is 6.18. The van der Waals surface area contributed by atoms with Gasteiger partial charge in [0.15, 0.2) is 0 Å². The zero-order valence-electron chi connectivity index (χ0n) is 11.4. The minimum atomic E-state index is 0.737. The molecule has 1 aromatic rings. The fourth-order valence-corrected chi connectivity index (χ4v) is 2.81. The second kappa shape index (κ2) is 6.55. The standard InChI is InChI=1S/C13H23ClN4/c1-12-10-13(16(2)15-12)11-18-6-3-5-17(7-4-14)8-9-18/h10H,3-9,11H2,1-2H3. The molecular formula is C13H23ClN4. The molecule has 0 saturated carbocycles. The highest BCUT2D eigenvalue weighted by Gasteiger charge is 2.15. The van der Waals surface area contributed by atoms with Crippen LogP contribution in [0.25, 0.3) is 0 Å². The molecule has 1 aliphatic heterocycles. The molecule has 1 fully saturated rings. The predicted octanol–water partition coefficient (Wildman–Crippen LogP) is 1.48. The number of alkyl halides is 1. The number of nitrogens with zero attached hydrogens (tertiary/aromatic N) is 4. The molecule has 0 radical (unpaired) electrons. The summed E-state index contributed by atoms with van der Waals surface area (Å²) in [5.41, 5.74) is 2.41. The second-order valence-corrected chi connectivity index (χ2v) is 5.44. The monoisotopic (exact) mass is 270 g/mol. The minimum absolute atomic E-state index is 0.737. The van der Waals surface area contributed by atoms with E-state index in [0.717, 1.165) is 37.8 Å². The zero-order chi connectivity index (χ0) is 13.0. The smallest absolute Gasteiger partial charge is 0.0597 e. The van der Waals surface area contributed by atoms with Crippen LogP contribution in [0.5, 0.6) is 0 Å². The van der Waals surface area contributed by atoms with E-state index in [4.69, 9.17) is 11.6 Å². The third kappa shape index (κ3) is 3.70. The van der Waals surface area contributed by atoms with Gasteiger partial charge in [-0.25, -0.2) is 0 Å². The van der Waals surface area contributed by atoms with Gasteiger partial charge in [0.2, 0.25) is 0 Å². The maximum Gasteiger partial charge on any atom is 0.0597 e. The Balaban J connectivity index is 1.88. The quantitative estimate of drug-likeness (QED) is 0.775. The Morgan fingerprint density at radius 1 is 1.22 bits per heavy atom. The van der Waals surface area contributed by atoms with Crippen LogP contribution in [0.4, 0.5) is 0 Å². The molecule has 2 rings (SSSR count). The maximum absolute atomic E-state index is 5.81. The van der Waals surface area contributed by atoms with Crippen LogP contribution in [0.2, 0.25) is 0 Å². The molecule has 0 N–H and O–H groups in total. The summed E-state index contributed by atoms with van der Waals surface area (Å²) in [5, 5.41) is 4.41. The van der Waals surface area contributed by atoms with Gasteiger partial charge in [-0.05, 0) is 32.5 Å². The van der Waals surface area contributed by atoms with Crippen LogP contribution in [0.1, 0.15) is 17.8 Å². The first kappa shape index (κ1) is 13.8. The first-order valence-electron chi connectivity index (χ1n) is 6.69. The van der Waals surface area contributed by atoms with Crippen LogP contribution in [0.15, 0.2) is 6.07 Å². The summed E-state index contributed by atoms with van der Waals surface area (Å²) in [6, 6.07) is 2.18. The first-order valence-corrected chi connectivity index (χ1v) is 7.22. The number of aromatic nitrogens is 2. The second-order valence-electron chi connectivity index (χ2n) is 5.06. The first-order chi connectivity index (χ1) is 8.69. The highest BCUT2D eigenvalue weighted by atomic mass is 35.5. The van der Waals surface area contributed by atoms with Crippen molar-refractivity contribution >= 4 is 11.6 Å². The van der Waals surface area contributed by atoms with Gasteiger partial charge in [0.1, 0.15) is 0 Å². The Morgan fingerprint density at radius 3 is 2.61 bits per heavy atom. The van der Waals surface area contributed by atoms with Crippen molar-refractivity contribution < 1.29 is 0 Å². The average molecular weight is 271 g/mol. The van der Waals surface area contributed by atoms with E-state index in [2.05, 4.69) is 21.0 Å². The molecule has 0 aromatic carbocycles. The van der Waals surface area contributed by atoms with Gasteiger partial charge in [0, 0.05) is 39.1 Å². The largest absolute Gasteiger partial charge is 0.301 e. The van der Waals surface area contributed by atoms with Crippen molar-refractivity contribution in [2.75, 3.05) is 38.6 Å². The summed E-state index contributed by atoms with van der Waals surface area (Å²) in [4.78, 5) is 4.98. The van der Waals surface area contributed by atoms with Gasteiger partial charge >= 0.3 is 0 Å². The van der Waals surface area contributed by atoms with E-state index in [-0.39, 0.29) is 0 Å². The molecule has 4 nitrogen and oxygen atoms in total. The van der Waals surface area contributed by atoms with E-state index < -0.39 is 0 Å². The van der Waals surface area contributed by atoms with Gasteiger partial charge in [-0.3, -0.25) is 9.58 Å². The Bertz CT molecular complexity index is 377. The molecule has 5 heteroatoms. The Hall–Kier alpha value is -0.580. The number of rotatable bonds is 4. The summed E-state index contributed by atoms with van der Waals surface area (Å²) >= 11 is 5.81. The third-order valence-electron chi connectivity index (χ3n) is 3.57. The lowest BCUT2D eigenvalue weighted by atomic mass is 10.3. The van der Waals surface area contributed by atoms with Crippen molar-refractivity contribution in [3.05, 3.63) is 17.5 Å². The van der Waals surface area contributed by atoms with Gasteiger partial charge in [-0.1, -0.05) is 0 Å². The molecule has 0 bridgehead atoms. The van der Waals surface area contributed by atoms with Gasteiger partial charge in [0.25, 0.3) is 0 Å². The molecule has 102 valence electrons. The predicted molar refractivity (Wildman–Crippen MR) is 75.0 cm³/mol. The molecule has 0 aliphatic carbocycles. The van der Waals surface area contributed by atoms with Gasteiger partial charge in [-0.15, -0.1) is 11.6 Å². The Kier molecular flexibility index (Phi) is 5.03. The van der Waals surface area contributed by atoms with Crippen LogP contribution in [-0.4, -0.2) is 58.2 Å². The maximum atomic E-state index is 5.81. The number of aryl methyl sites for hydroxylation is 2. The zero-order valence-corrected chi connectivity index (χ0v) is 12.2. The van der Waals surface area contributed by atoms with Crippen LogP contribution < -0.4 is 0 Å². The van der Waals surface area contributed by atoms with Crippen LogP contribution >= 0.6 is 11.6 Å². The van der Waals surface area contributed by atoms with Crippen LogP contribution in [0.3, 0.4) is 0 Å². The molecule has 1 aromatic heterocycles. The van der Waals surface area contributed by atoms with E-state index in [0.29, 0.717) is 0 Å². The molecular weight excluding hydrogens is 248 g/mol. The summed E-state index contributed by atoms with van der Waals surface area (Å²) < 4.78 is 2.00. The van der Waals surface area contributed by atoms with Crippen molar-refractivity contribution in [2.45, 2.75) is 19.9 Å². The summed E-state index contributed by atoms with van der Waals surface area (Å²) in [6.07, 6.45) is 1.23. The molecule has 2 heterocycles. The van der Waals surface area contributed by atoms with E-state index >= 15 is 0 Å². The van der Waals surface area contributed by atoms with Crippen LogP contribution in [0, 0.1) is 6.92 Å². The lowest BCUT2D eigenvalue weighted by molar-refractivity contribution is 0.253. The molecule has 18 heavy (non-hydrogen) atoms. The number of hydrogen-bond donors (Lipinski definition) is 0. The molecule has 0 amide bonds. The molecule has 0 atom stereocenters. The normalized spacial score (nSPS) is 19.1. The lowest BCUT2D eigenvalue weighted by Crippen LogP contribution is -2.32. The van der Waals surface area contributed by atoms with E-state index in [1.54, 1.807) is 0 Å². The fraction of sp³-hybridized carbons (Fsp3) is 0.769. The Labute approximate surface area is 115 Å². The molecule has 0 unspecified atom stereocenters.